The summed E-state index contributed by atoms with van der Waals surface area (Å²) in [6, 6.07) is 6.42. The fraction of sp³-hybridized carbons (Fsp3) is 0.263. The number of nitrogens with zero attached hydrogens (tertiary/aromatic N) is 3. The first kappa shape index (κ1) is 20.9. The van der Waals surface area contributed by atoms with Gasteiger partial charge in [-0.3, -0.25) is 9.20 Å². The minimum atomic E-state index is -0.642. The number of anilines is 1. The van der Waals surface area contributed by atoms with Crippen LogP contribution in [0.4, 0.5) is 5.69 Å². The van der Waals surface area contributed by atoms with Crippen molar-refractivity contribution in [1.82, 2.24) is 9.38 Å². The molecular formula is C19H19BrCl2N4O2. The third-order valence-electron chi connectivity index (χ3n) is 4.33. The second-order valence-electron chi connectivity index (χ2n) is 6.39. The van der Waals surface area contributed by atoms with E-state index >= 15 is 0 Å². The van der Waals surface area contributed by atoms with Crippen LogP contribution in [0.3, 0.4) is 0 Å². The van der Waals surface area contributed by atoms with E-state index in [0.717, 1.165) is 10.3 Å². The van der Waals surface area contributed by atoms with Crippen LogP contribution >= 0.6 is 39.1 Å². The van der Waals surface area contributed by atoms with Crippen molar-refractivity contribution in [2.45, 2.75) is 26.5 Å². The Labute approximate surface area is 181 Å². The summed E-state index contributed by atoms with van der Waals surface area (Å²) in [5, 5.41) is 0.791. The molecule has 1 unspecified atom stereocenters. The first-order valence-electron chi connectivity index (χ1n) is 8.48. The van der Waals surface area contributed by atoms with Gasteiger partial charge in [0.15, 0.2) is 11.4 Å². The van der Waals surface area contributed by atoms with Gasteiger partial charge in [0.25, 0.3) is 0 Å². The summed E-state index contributed by atoms with van der Waals surface area (Å²) in [6.45, 7) is 3.65. The van der Waals surface area contributed by atoms with E-state index in [9.17, 15) is 4.79 Å². The van der Waals surface area contributed by atoms with Crippen LogP contribution in [0.15, 0.2) is 35.1 Å². The number of aryl methyl sites for hydroxylation is 1. The second-order valence-corrected chi connectivity index (χ2v) is 7.92. The highest BCUT2D eigenvalue weighted by molar-refractivity contribution is 9.10. The number of nitrogens with two attached hydrogens (primary N) is 1. The number of imidazole rings is 1. The van der Waals surface area contributed by atoms with Gasteiger partial charge in [0, 0.05) is 23.8 Å². The van der Waals surface area contributed by atoms with Gasteiger partial charge in [0.1, 0.15) is 11.2 Å². The molecule has 1 amide bonds. The van der Waals surface area contributed by atoms with Crippen LogP contribution in [0.1, 0.15) is 18.2 Å². The fourth-order valence-electron chi connectivity index (χ4n) is 2.79. The summed E-state index contributed by atoms with van der Waals surface area (Å²) >= 11 is 16.4. The monoisotopic (exact) mass is 484 g/mol. The number of pyridine rings is 1. The highest BCUT2D eigenvalue weighted by Crippen LogP contribution is 2.35. The number of rotatable bonds is 5. The van der Waals surface area contributed by atoms with E-state index in [0.29, 0.717) is 32.7 Å². The first-order chi connectivity index (χ1) is 13.2. The average molecular weight is 486 g/mol. The van der Waals surface area contributed by atoms with Gasteiger partial charge in [-0.25, -0.2) is 4.98 Å². The van der Waals surface area contributed by atoms with E-state index in [1.54, 1.807) is 26.1 Å². The minimum Gasteiger partial charge on any atom is -0.485 e. The quantitative estimate of drug-likeness (QED) is 0.573. The molecule has 0 bridgehead atoms. The molecule has 0 saturated carbocycles. The molecule has 0 saturated heterocycles. The molecule has 1 atom stereocenters. The lowest BCUT2D eigenvalue weighted by atomic mass is 10.1. The zero-order chi connectivity index (χ0) is 20.6. The van der Waals surface area contributed by atoms with E-state index < -0.39 is 6.04 Å². The van der Waals surface area contributed by atoms with Crippen molar-refractivity contribution >= 4 is 56.4 Å². The summed E-state index contributed by atoms with van der Waals surface area (Å²) in [7, 11) is 1.62. The maximum absolute atomic E-state index is 12.2. The molecule has 0 aliphatic carbocycles. The summed E-state index contributed by atoms with van der Waals surface area (Å²) in [4.78, 5) is 18.2. The molecule has 3 aromatic rings. The molecular weight excluding hydrogens is 467 g/mol. The number of halogens is 3. The van der Waals surface area contributed by atoms with Crippen LogP contribution < -0.4 is 15.4 Å². The van der Waals surface area contributed by atoms with E-state index in [1.165, 1.54) is 4.90 Å². The lowest BCUT2D eigenvalue weighted by Crippen LogP contribution is -2.40. The summed E-state index contributed by atoms with van der Waals surface area (Å²) in [6.07, 6.45) is 1.89. The Kier molecular flexibility index (Phi) is 6.19. The Hall–Kier alpha value is -1.80. The van der Waals surface area contributed by atoms with Crippen LogP contribution in [-0.4, -0.2) is 28.4 Å². The molecule has 0 spiro atoms. The van der Waals surface area contributed by atoms with E-state index in [-0.39, 0.29) is 12.5 Å². The topological polar surface area (TPSA) is 72.9 Å². The summed E-state index contributed by atoms with van der Waals surface area (Å²) < 4.78 is 8.73. The number of ether oxygens (including phenoxy) is 1. The molecule has 6 nitrogen and oxygen atoms in total. The van der Waals surface area contributed by atoms with Crippen molar-refractivity contribution in [2.75, 3.05) is 11.9 Å². The predicted octanol–water partition coefficient (Wildman–Crippen LogP) is 4.60. The maximum atomic E-state index is 12.2. The highest BCUT2D eigenvalue weighted by Gasteiger charge is 2.21. The van der Waals surface area contributed by atoms with E-state index in [4.69, 9.17) is 33.7 Å². The number of amides is 1. The van der Waals surface area contributed by atoms with Gasteiger partial charge in [0.2, 0.25) is 5.91 Å². The number of fused-ring (bicyclic) bond motifs is 1. The molecule has 0 aliphatic heterocycles. The predicted molar refractivity (Wildman–Crippen MR) is 115 cm³/mol. The normalized spacial score (nSPS) is 12.2. The Morgan fingerprint density at radius 3 is 2.79 bits per heavy atom. The number of likely N-dealkylation sites (N-methyl/N-ethyl adjacent to an activating group) is 1. The molecule has 0 fully saturated rings. The minimum absolute atomic E-state index is 0.120. The number of aromatic nitrogens is 2. The average Bonchev–Trinajstić information content (AvgIpc) is 2.95. The maximum Gasteiger partial charge on any atom is 0.243 e. The summed E-state index contributed by atoms with van der Waals surface area (Å²) in [5.74, 6) is 0.340. The van der Waals surface area contributed by atoms with Crippen LogP contribution in [0.5, 0.6) is 5.75 Å². The van der Waals surface area contributed by atoms with Gasteiger partial charge >= 0.3 is 0 Å². The molecule has 2 heterocycles. The highest BCUT2D eigenvalue weighted by atomic mass is 79.9. The van der Waals surface area contributed by atoms with E-state index in [1.807, 2.05) is 29.7 Å². The van der Waals surface area contributed by atoms with Gasteiger partial charge in [-0.15, -0.1) is 0 Å². The number of carbonyl (C=O) groups excluding carboxylic acids is 1. The molecule has 1 aromatic carbocycles. The number of benzene rings is 1. The Morgan fingerprint density at radius 1 is 1.39 bits per heavy atom. The third-order valence-corrected chi connectivity index (χ3v) is 6.07. The van der Waals surface area contributed by atoms with Crippen molar-refractivity contribution < 1.29 is 9.53 Å². The smallest absolute Gasteiger partial charge is 0.243 e. The van der Waals surface area contributed by atoms with Crippen molar-refractivity contribution in [2.24, 2.45) is 5.73 Å². The first-order valence-corrected chi connectivity index (χ1v) is 10.0. The molecule has 9 heteroatoms. The Balaban J connectivity index is 1.92. The molecule has 148 valence electrons. The van der Waals surface area contributed by atoms with Crippen molar-refractivity contribution in [3.63, 3.8) is 0 Å². The molecule has 28 heavy (non-hydrogen) atoms. The molecule has 0 aliphatic rings. The molecule has 3 rings (SSSR count). The summed E-state index contributed by atoms with van der Waals surface area (Å²) in [5.41, 5.74) is 8.32. The number of carbonyl (C=O) groups is 1. The van der Waals surface area contributed by atoms with Crippen LogP contribution in [0, 0.1) is 6.92 Å². The van der Waals surface area contributed by atoms with Crippen LogP contribution in [-0.2, 0) is 11.4 Å². The Bertz CT molecular complexity index is 1050. The van der Waals surface area contributed by atoms with Gasteiger partial charge in [0.05, 0.1) is 22.4 Å². The zero-order valence-corrected chi connectivity index (χ0v) is 18.6. The second kappa shape index (κ2) is 8.29. The van der Waals surface area contributed by atoms with Gasteiger partial charge < -0.3 is 15.4 Å². The lowest BCUT2D eigenvalue weighted by Gasteiger charge is -2.22. The van der Waals surface area contributed by atoms with Gasteiger partial charge in [-0.05, 0) is 54.0 Å². The fourth-order valence-corrected chi connectivity index (χ4v) is 3.77. The van der Waals surface area contributed by atoms with Crippen molar-refractivity contribution in [1.29, 1.82) is 0 Å². The third kappa shape index (κ3) is 3.85. The van der Waals surface area contributed by atoms with Gasteiger partial charge in [-0.1, -0.05) is 23.2 Å². The van der Waals surface area contributed by atoms with Crippen molar-refractivity contribution in [3.8, 4) is 5.75 Å². The zero-order valence-electron chi connectivity index (χ0n) is 15.5. The van der Waals surface area contributed by atoms with Crippen LogP contribution in [0.25, 0.3) is 5.65 Å². The standard InChI is InChI=1S/C19H19BrCl2N4O2/c1-10(23)19(27)25(3)14-7-6-13(21)12(16(14)22)9-28-15-5-4-8-26-17(20)11(2)24-18(15)26/h4-8,10H,9,23H2,1-3H3. The molecule has 0 radical (unpaired) electrons. The SMILES string of the molecule is Cc1nc2c(OCc3c(Cl)ccc(N(C)C(=O)C(C)N)c3Cl)cccn2c1Br. The van der Waals surface area contributed by atoms with Crippen LogP contribution in [0.2, 0.25) is 10.0 Å². The largest absolute Gasteiger partial charge is 0.485 e. The van der Waals surface area contributed by atoms with Gasteiger partial charge in [-0.2, -0.15) is 0 Å². The lowest BCUT2D eigenvalue weighted by molar-refractivity contribution is -0.119. The molecule has 2 aromatic heterocycles. The van der Waals surface area contributed by atoms with E-state index in [2.05, 4.69) is 20.9 Å². The Morgan fingerprint density at radius 2 is 2.11 bits per heavy atom. The number of hydrogen-bond donors (Lipinski definition) is 1. The van der Waals surface area contributed by atoms with Crippen molar-refractivity contribution in [3.05, 3.63) is 56.4 Å². The number of hydrogen-bond acceptors (Lipinski definition) is 4. The molecule has 2 N–H and O–H groups in total.